The molecule has 0 radical (unpaired) electrons. The molecule has 0 aromatic rings. The fraction of sp³-hybridized carbons (Fsp3) is 1.00. The molecule has 14 heavy (non-hydrogen) atoms. The highest BCUT2D eigenvalue weighted by Gasteiger charge is 2.19. The quantitative estimate of drug-likeness (QED) is 0.573. The van der Waals surface area contributed by atoms with E-state index in [1.807, 2.05) is 25.7 Å². The van der Waals surface area contributed by atoms with E-state index in [2.05, 4.69) is 5.32 Å². The predicted octanol–water partition coefficient (Wildman–Crippen LogP) is 1.12. The Labute approximate surface area is 91.6 Å². The van der Waals surface area contributed by atoms with Crippen molar-refractivity contribution in [2.45, 2.75) is 25.3 Å². The largest absolute Gasteiger partial charge is 0.394 e. The van der Waals surface area contributed by atoms with Gasteiger partial charge in [0.05, 0.1) is 13.2 Å². The summed E-state index contributed by atoms with van der Waals surface area (Å²) in [5.41, 5.74) is -0.109. The second-order valence-electron chi connectivity index (χ2n) is 3.68. The first kappa shape index (κ1) is 14.2. The minimum absolute atomic E-state index is 0.109. The molecule has 0 aliphatic carbocycles. The Morgan fingerprint density at radius 3 is 2.64 bits per heavy atom. The highest BCUT2D eigenvalue weighted by atomic mass is 32.2. The van der Waals surface area contributed by atoms with E-state index < -0.39 is 0 Å². The predicted molar refractivity (Wildman–Crippen MR) is 63.0 cm³/mol. The first-order valence-electron chi connectivity index (χ1n) is 5.05. The van der Waals surface area contributed by atoms with Gasteiger partial charge in [0.25, 0.3) is 0 Å². The molecule has 2 N–H and O–H groups in total. The van der Waals surface area contributed by atoms with Gasteiger partial charge in [-0.3, -0.25) is 0 Å². The van der Waals surface area contributed by atoms with Gasteiger partial charge in [-0.1, -0.05) is 0 Å². The summed E-state index contributed by atoms with van der Waals surface area (Å²) in [5, 5.41) is 12.3. The van der Waals surface area contributed by atoms with E-state index >= 15 is 0 Å². The van der Waals surface area contributed by atoms with E-state index in [0.29, 0.717) is 0 Å². The number of aliphatic hydroxyl groups excluding tert-OH is 1. The Hall–Kier alpha value is 0.230. The van der Waals surface area contributed by atoms with Crippen molar-refractivity contribution >= 4 is 11.8 Å². The summed E-state index contributed by atoms with van der Waals surface area (Å²) < 4.78 is 4.96. The molecule has 4 heteroatoms. The van der Waals surface area contributed by atoms with Crippen LogP contribution in [0.4, 0.5) is 0 Å². The second-order valence-corrected chi connectivity index (χ2v) is 4.90. The summed E-state index contributed by atoms with van der Waals surface area (Å²) in [4.78, 5) is 0. The minimum atomic E-state index is -0.109. The third kappa shape index (κ3) is 6.65. The highest BCUT2D eigenvalue weighted by molar-refractivity contribution is 7.99. The van der Waals surface area contributed by atoms with Crippen molar-refractivity contribution < 1.29 is 9.84 Å². The summed E-state index contributed by atoms with van der Waals surface area (Å²) in [6, 6.07) is 0. The number of rotatable bonds is 9. The van der Waals surface area contributed by atoms with E-state index in [-0.39, 0.29) is 12.1 Å². The summed E-state index contributed by atoms with van der Waals surface area (Å²) in [5.74, 6) is 2.20. The van der Waals surface area contributed by atoms with Gasteiger partial charge in [-0.2, -0.15) is 11.8 Å². The maximum atomic E-state index is 9.14. The van der Waals surface area contributed by atoms with Crippen LogP contribution in [0.3, 0.4) is 0 Å². The van der Waals surface area contributed by atoms with Crippen molar-refractivity contribution in [3.63, 3.8) is 0 Å². The molecule has 0 rings (SSSR count). The SMILES string of the molecule is CNC(C)(CO)CCCSCCOC. The number of thioether (sulfide) groups is 1. The third-order valence-electron chi connectivity index (χ3n) is 2.40. The first-order chi connectivity index (χ1) is 6.68. The van der Waals surface area contributed by atoms with Crippen LogP contribution in [0.2, 0.25) is 0 Å². The molecular formula is C10H23NO2S. The molecular weight excluding hydrogens is 198 g/mol. The molecule has 0 aliphatic rings. The van der Waals surface area contributed by atoms with Crippen molar-refractivity contribution in [3.05, 3.63) is 0 Å². The molecule has 1 atom stereocenters. The number of hydrogen-bond acceptors (Lipinski definition) is 4. The lowest BCUT2D eigenvalue weighted by atomic mass is 9.98. The van der Waals surface area contributed by atoms with Crippen LogP contribution in [-0.4, -0.2) is 49.5 Å². The van der Waals surface area contributed by atoms with E-state index in [9.17, 15) is 0 Å². The molecule has 0 aliphatic heterocycles. The van der Waals surface area contributed by atoms with E-state index in [0.717, 1.165) is 31.0 Å². The average Bonchev–Trinajstić information content (AvgIpc) is 2.23. The molecule has 0 aromatic carbocycles. The van der Waals surface area contributed by atoms with Crippen LogP contribution in [-0.2, 0) is 4.74 Å². The van der Waals surface area contributed by atoms with Crippen LogP contribution < -0.4 is 5.32 Å². The number of aliphatic hydroxyl groups is 1. The van der Waals surface area contributed by atoms with E-state index in [1.165, 1.54) is 0 Å². The van der Waals surface area contributed by atoms with Gasteiger partial charge in [0.1, 0.15) is 0 Å². The fourth-order valence-electron chi connectivity index (χ4n) is 1.09. The van der Waals surface area contributed by atoms with Crippen molar-refractivity contribution in [1.29, 1.82) is 0 Å². The van der Waals surface area contributed by atoms with Crippen LogP contribution in [0.25, 0.3) is 0 Å². The van der Waals surface area contributed by atoms with Gasteiger partial charge >= 0.3 is 0 Å². The van der Waals surface area contributed by atoms with Crippen molar-refractivity contribution in [3.8, 4) is 0 Å². The number of hydrogen-bond donors (Lipinski definition) is 2. The Bertz CT molecular complexity index is 129. The minimum Gasteiger partial charge on any atom is -0.394 e. The molecule has 0 aromatic heterocycles. The van der Waals surface area contributed by atoms with Gasteiger partial charge in [0, 0.05) is 18.4 Å². The second kappa shape index (κ2) is 8.53. The van der Waals surface area contributed by atoms with Crippen molar-refractivity contribution in [1.82, 2.24) is 5.32 Å². The first-order valence-corrected chi connectivity index (χ1v) is 6.20. The lowest BCUT2D eigenvalue weighted by Crippen LogP contribution is -2.43. The summed E-state index contributed by atoms with van der Waals surface area (Å²) in [7, 11) is 3.62. The van der Waals surface area contributed by atoms with E-state index in [4.69, 9.17) is 9.84 Å². The molecule has 3 nitrogen and oxygen atoms in total. The highest BCUT2D eigenvalue weighted by Crippen LogP contribution is 2.13. The number of nitrogens with one attached hydrogen (secondary N) is 1. The molecule has 0 amide bonds. The number of likely N-dealkylation sites (N-methyl/N-ethyl adjacent to an activating group) is 1. The lowest BCUT2D eigenvalue weighted by Gasteiger charge is -2.26. The van der Waals surface area contributed by atoms with E-state index in [1.54, 1.807) is 7.11 Å². The standard InChI is InChI=1S/C10H23NO2S/c1-10(9-12,11-2)5-4-7-14-8-6-13-3/h11-12H,4-9H2,1-3H3. The van der Waals surface area contributed by atoms with Crippen LogP contribution in [0.5, 0.6) is 0 Å². The van der Waals surface area contributed by atoms with Gasteiger partial charge in [-0.05, 0) is 32.6 Å². The van der Waals surface area contributed by atoms with Crippen LogP contribution in [0, 0.1) is 0 Å². The van der Waals surface area contributed by atoms with Gasteiger partial charge in [0.15, 0.2) is 0 Å². The molecule has 1 unspecified atom stereocenters. The molecule has 0 spiro atoms. The molecule has 0 saturated carbocycles. The summed E-state index contributed by atoms with van der Waals surface area (Å²) >= 11 is 1.91. The zero-order valence-corrected chi connectivity index (χ0v) is 10.3. The lowest BCUT2D eigenvalue weighted by molar-refractivity contribution is 0.173. The van der Waals surface area contributed by atoms with Crippen LogP contribution >= 0.6 is 11.8 Å². The monoisotopic (exact) mass is 221 g/mol. The molecule has 0 bridgehead atoms. The number of methoxy groups -OCH3 is 1. The van der Waals surface area contributed by atoms with Crippen molar-refractivity contribution in [2.24, 2.45) is 0 Å². The Kier molecular flexibility index (Phi) is 8.67. The Morgan fingerprint density at radius 1 is 1.43 bits per heavy atom. The molecule has 0 saturated heterocycles. The third-order valence-corrected chi connectivity index (χ3v) is 3.43. The Morgan fingerprint density at radius 2 is 2.14 bits per heavy atom. The fourth-order valence-corrected chi connectivity index (χ4v) is 1.93. The normalized spacial score (nSPS) is 15.4. The average molecular weight is 221 g/mol. The number of ether oxygens (including phenoxy) is 1. The van der Waals surface area contributed by atoms with Crippen molar-refractivity contribution in [2.75, 3.05) is 38.9 Å². The smallest absolute Gasteiger partial charge is 0.0610 e. The molecule has 0 heterocycles. The van der Waals surface area contributed by atoms with Gasteiger partial charge in [-0.15, -0.1) is 0 Å². The zero-order chi connectivity index (χ0) is 10.9. The molecule has 86 valence electrons. The zero-order valence-electron chi connectivity index (χ0n) is 9.51. The maximum absolute atomic E-state index is 9.14. The van der Waals surface area contributed by atoms with Gasteiger partial charge in [0.2, 0.25) is 0 Å². The summed E-state index contributed by atoms with van der Waals surface area (Å²) in [6.45, 7) is 3.08. The van der Waals surface area contributed by atoms with Gasteiger partial charge in [-0.25, -0.2) is 0 Å². The maximum Gasteiger partial charge on any atom is 0.0610 e. The van der Waals surface area contributed by atoms with Crippen LogP contribution in [0.15, 0.2) is 0 Å². The van der Waals surface area contributed by atoms with Gasteiger partial charge < -0.3 is 15.2 Å². The van der Waals surface area contributed by atoms with Crippen LogP contribution in [0.1, 0.15) is 19.8 Å². The molecule has 0 fully saturated rings. The topological polar surface area (TPSA) is 41.5 Å². The Balaban J connectivity index is 3.34. The summed E-state index contributed by atoms with van der Waals surface area (Å²) in [6.07, 6.45) is 2.15.